The van der Waals surface area contributed by atoms with E-state index in [4.69, 9.17) is 5.11 Å². The molecule has 0 aromatic heterocycles. The fourth-order valence-electron chi connectivity index (χ4n) is 1.93. The first-order valence-corrected chi connectivity index (χ1v) is 6.33. The van der Waals surface area contributed by atoms with Crippen molar-refractivity contribution in [3.05, 3.63) is 35.9 Å². The van der Waals surface area contributed by atoms with Crippen LogP contribution in [0.15, 0.2) is 30.3 Å². The largest absolute Gasteiger partial charge is 0.481 e. The molecule has 0 radical (unpaired) electrons. The van der Waals surface area contributed by atoms with E-state index in [9.17, 15) is 4.79 Å². The number of carboxylic acids is 1. The molecule has 0 heterocycles. The lowest BCUT2D eigenvalue weighted by molar-refractivity contribution is -0.138. The number of benzene rings is 1. The molecular weight excluding hydrogens is 226 g/mol. The van der Waals surface area contributed by atoms with Crippen molar-refractivity contribution >= 4 is 5.97 Å². The predicted octanol–water partition coefficient (Wildman–Crippen LogP) is 3.23. The van der Waals surface area contributed by atoms with E-state index in [0.29, 0.717) is 0 Å². The third-order valence-corrected chi connectivity index (χ3v) is 3.17. The average Bonchev–Trinajstić information content (AvgIpc) is 2.27. The van der Waals surface area contributed by atoms with E-state index < -0.39 is 5.97 Å². The van der Waals surface area contributed by atoms with Gasteiger partial charge in [-0.1, -0.05) is 51.1 Å². The quantitative estimate of drug-likeness (QED) is 0.842. The zero-order chi connectivity index (χ0) is 13.8. The molecule has 18 heavy (non-hydrogen) atoms. The highest BCUT2D eigenvalue weighted by molar-refractivity contribution is 5.67. The summed E-state index contributed by atoms with van der Waals surface area (Å²) in [6.45, 7) is 8.25. The van der Waals surface area contributed by atoms with Crippen LogP contribution in [0.25, 0.3) is 0 Å². The molecule has 100 valence electrons. The van der Waals surface area contributed by atoms with Gasteiger partial charge in [0.15, 0.2) is 0 Å². The van der Waals surface area contributed by atoms with Gasteiger partial charge in [0, 0.05) is 12.1 Å². The molecule has 0 fully saturated rings. The number of carbonyl (C=O) groups is 1. The Bertz CT molecular complexity index is 381. The molecule has 1 aromatic carbocycles. The van der Waals surface area contributed by atoms with Crippen LogP contribution >= 0.6 is 0 Å². The van der Waals surface area contributed by atoms with E-state index in [1.165, 1.54) is 5.56 Å². The predicted molar refractivity (Wildman–Crippen MR) is 73.5 cm³/mol. The Hall–Kier alpha value is -1.35. The summed E-state index contributed by atoms with van der Waals surface area (Å²) in [4.78, 5) is 10.9. The Balaban J connectivity index is 2.75. The molecule has 0 aliphatic rings. The zero-order valence-corrected chi connectivity index (χ0v) is 11.6. The highest BCUT2D eigenvalue weighted by Crippen LogP contribution is 2.25. The van der Waals surface area contributed by atoms with Crippen molar-refractivity contribution in [2.24, 2.45) is 5.41 Å². The molecule has 3 heteroatoms. The standard InChI is InChI=1S/C15H23NO2/c1-11(12-8-6-5-7-9-12)16-13(10-14(17)18)15(2,3)4/h5-9,11,13,16H,10H2,1-4H3,(H,17,18). The Morgan fingerprint density at radius 2 is 1.83 bits per heavy atom. The van der Waals surface area contributed by atoms with Crippen molar-refractivity contribution in [2.45, 2.75) is 46.2 Å². The van der Waals surface area contributed by atoms with Crippen LogP contribution in [0.2, 0.25) is 0 Å². The maximum atomic E-state index is 10.9. The van der Waals surface area contributed by atoms with E-state index in [0.717, 1.165) is 0 Å². The Morgan fingerprint density at radius 1 is 1.28 bits per heavy atom. The number of hydrogen-bond acceptors (Lipinski definition) is 2. The SMILES string of the molecule is CC(NC(CC(=O)O)C(C)(C)C)c1ccccc1. The van der Waals surface area contributed by atoms with Crippen LogP contribution in [0.4, 0.5) is 0 Å². The molecule has 0 spiro atoms. The van der Waals surface area contributed by atoms with Gasteiger partial charge in [0.05, 0.1) is 6.42 Å². The lowest BCUT2D eigenvalue weighted by atomic mass is 9.84. The van der Waals surface area contributed by atoms with E-state index in [2.05, 4.69) is 45.1 Å². The van der Waals surface area contributed by atoms with Gasteiger partial charge >= 0.3 is 5.97 Å². The van der Waals surface area contributed by atoms with Crippen LogP contribution in [-0.2, 0) is 4.79 Å². The monoisotopic (exact) mass is 249 g/mol. The molecule has 0 bridgehead atoms. The van der Waals surface area contributed by atoms with Crippen LogP contribution in [0.3, 0.4) is 0 Å². The highest BCUT2D eigenvalue weighted by Gasteiger charge is 2.28. The summed E-state index contributed by atoms with van der Waals surface area (Å²) in [5.41, 5.74) is 1.10. The van der Waals surface area contributed by atoms with Crippen LogP contribution in [0.5, 0.6) is 0 Å². The van der Waals surface area contributed by atoms with Gasteiger partial charge in [0.1, 0.15) is 0 Å². The van der Waals surface area contributed by atoms with Gasteiger partial charge in [0.2, 0.25) is 0 Å². The third kappa shape index (κ3) is 4.49. The van der Waals surface area contributed by atoms with E-state index in [1.807, 2.05) is 18.2 Å². The average molecular weight is 249 g/mol. The van der Waals surface area contributed by atoms with Gasteiger partial charge in [-0.25, -0.2) is 0 Å². The zero-order valence-electron chi connectivity index (χ0n) is 11.6. The first-order valence-electron chi connectivity index (χ1n) is 6.33. The Labute approximate surface area is 109 Å². The molecule has 1 rings (SSSR count). The van der Waals surface area contributed by atoms with E-state index in [-0.39, 0.29) is 23.9 Å². The molecule has 0 aliphatic carbocycles. The molecule has 0 saturated heterocycles. The van der Waals surface area contributed by atoms with Crippen LogP contribution in [0.1, 0.15) is 45.7 Å². The second-order valence-corrected chi connectivity index (χ2v) is 5.82. The number of aliphatic carboxylic acids is 1. The maximum Gasteiger partial charge on any atom is 0.304 e. The third-order valence-electron chi connectivity index (χ3n) is 3.17. The minimum atomic E-state index is -0.761. The van der Waals surface area contributed by atoms with Gasteiger partial charge in [-0.2, -0.15) is 0 Å². The second kappa shape index (κ2) is 6.01. The van der Waals surface area contributed by atoms with E-state index in [1.54, 1.807) is 0 Å². The summed E-state index contributed by atoms with van der Waals surface area (Å²) in [6, 6.07) is 10.2. The summed E-state index contributed by atoms with van der Waals surface area (Å²) >= 11 is 0. The summed E-state index contributed by atoms with van der Waals surface area (Å²) in [5.74, 6) is -0.761. The van der Waals surface area contributed by atoms with Crippen LogP contribution in [0, 0.1) is 5.41 Å². The van der Waals surface area contributed by atoms with Gasteiger partial charge in [-0.3, -0.25) is 4.79 Å². The summed E-state index contributed by atoms with van der Waals surface area (Å²) < 4.78 is 0. The molecular formula is C15H23NO2. The van der Waals surface area contributed by atoms with Crippen molar-refractivity contribution < 1.29 is 9.90 Å². The van der Waals surface area contributed by atoms with Crippen LogP contribution in [-0.4, -0.2) is 17.1 Å². The summed E-state index contributed by atoms with van der Waals surface area (Å²) in [6.07, 6.45) is 0.140. The smallest absolute Gasteiger partial charge is 0.304 e. The fraction of sp³-hybridized carbons (Fsp3) is 0.533. The molecule has 0 saturated carbocycles. The number of rotatable bonds is 5. The minimum Gasteiger partial charge on any atom is -0.481 e. The van der Waals surface area contributed by atoms with Gasteiger partial charge in [-0.15, -0.1) is 0 Å². The molecule has 3 nitrogen and oxygen atoms in total. The first kappa shape index (κ1) is 14.7. The van der Waals surface area contributed by atoms with Gasteiger partial charge in [-0.05, 0) is 17.9 Å². The molecule has 2 N–H and O–H groups in total. The van der Waals surface area contributed by atoms with Crippen molar-refractivity contribution in [1.29, 1.82) is 0 Å². The Morgan fingerprint density at radius 3 is 2.28 bits per heavy atom. The lowest BCUT2D eigenvalue weighted by Crippen LogP contribution is -2.43. The van der Waals surface area contributed by atoms with Crippen LogP contribution < -0.4 is 5.32 Å². The first-order chi connectivity index (χ1) is 8.30. The molecule has 0 aliphatic heterocycles. The minimum absolute atomic E-state index is 0.0507. The second-order valence-electron chi connectivity index (χ2n) is 5.82. The molecule has 2 atom stereocenters. The lowest BCUT2D eigenvalue weighted by Gasteiger charge is -2.33. The number of carboxylic acid groups (broad SMARTS) is 1. The van der Waals surface area contributed by atoms with Gasteiger partial charge in [0.25, 0.3) is 0 Å². The topological polar surface area (TPSA) is 49.3 Å². The Kier molecular flexibility index (Phi) is 4.91. The number of nitrogens with one attached hydrogen (secondary N) is 1. The van der Waals surface area contributed by atoms with Crippen molar-refractivity contribution in [1.82, 2.24) is 5.32 Å². The van der Waals surface area contributed by atoms with Crippen molar-refractivity contribution in [3.8, 4) is 0 Å². The highest BCUT2D eigenvalue weighted by atomic mass is 16.4. The maximum absolute atomic E-state index is 10.9. The van der Waals surface area contributed by atoms with Crippen molar-refractivity contribution in [3.63, 3.8) is 0 Å². The summed E-state index contributed by atoms with van der Waals surface area (Å²) in [7, 11) is 0. The van der Waals surface area contributed by atoms with Gasteiger partial charge < -0.3 is 10.4 Å². The molecule has 2 unspecified atom stereocenters. The molecule has 1 aromatic rings. The molecule has 0 amide bonds. The number of hydrogen-bond donors (Lipinski definition) is 2. The normalized spacial score (nSPS) is 15.1. The van der Waals surface area contributed by atoms with Crippen molar-refractivity contribution in [2.75, 3.05) is 0 Å². The summed E-state index contributed by atoms with van der Waals surface area (Å²) in [5, 5.41) is 12.4. The fourth-order valence-corrected chi connectivity index (χ4v) is 1.93. The van der Waals surface area contributed by atoms with E-state index >= 15 is 0 Å².